The Kier molecular flexibility index (Phi) is 10.1. The highest BCUT2D eigenvalue weighted by Crippen LogP contribution is 2.58. The van der Waals surface area contributed by atoms with E-state index < -0.39 is 0 Å². The molecule has 0 saturated carbocycles. The van der Waals surface area contributed by atoms with E-state index in [0.717, 1.165) is 34.1 Å². The molecule has 16 rings (SSSR count). The highest BCUT2D eigenvalue weighted by atomic mass is 15.1. The molecular formula is C79H60N2. The molecule has 13 aromatic carbocycles. The molecule has 0 aliphatic heterocycles. The van der Waals surface area contributed by atoms with Crippen molar-refractivity contribution in [3.8, 4) is 44.5 Å². The first-order chi connectivity index (χ1) is 39.5. The van der Waals surface area contributed by atoms with Crippen molar-refractivity contribution in [2.24, 2.45) is 0 Å². The molecule has 386 valence electrons. The lowest BCUT2D eigenvalue weighted by molar-refractivity contribution is 0.645. The van der Waals surface area contributed by atoms with Gasteiger partial charge in [0.1, 0.15) is 0 Å². The molecule has 13 aromatic rings. The molecule has 2 heteroatoms. The minimum Gasteiger partial charge on any atom is -0.310 e. The van der Waals surface area contributed by atoms with Crippen molar-refractivity contribution < 1.29 is 0 Å². The molecule has 0 amide bonds. The first-order valence-electron chi connectivity index (χ1n) is 28.7. The summed E-state index contributed by atoms with van der Waals surface area (Å²) in [7, 11) is 0. The van der Waals surface area contributed by atoms with Crippen LogP contribution in [0.25, 0.3) is 87.6 Å². The Labute approximate surface area is 474 Å². The van der Waals surface area contributed by atoms with Gasteiger partial charge in [0.25, 0.3) is 0 Å². The fourth-order valence-corrected chi connectivity index (χ4v) is 15.0. The van der Waals surface area contributed by atoms with Gasteiger partial charge in [0.2, 0.25) is 0 Å². The number of nitrogens with zero attached hydrogens (tertiary/aromatic N) is 2. The monoisotopic (exact) mass is 1040 g/mol. The van der Waals surface area contributed by atoms with Crippen molar-refractivity contribution in [1.82, 2.24) is 0 Å². The summed E-state index contributed by atoms with van der Waals surface area (Å²) in [6, 6.07) is 96.3. The lowest BCUT2D eigenvalue weighted by Crippen LogP contribution is -2.25. The lowest BCUT2D eigenvalue weighted by Gasteiger charge is -2.38. The predicted molar refractivity (Wildman–Crippen MR) is 344 cm³/mol. The summed E-state index contributed by atoms with van der Waals surface area (Å²) >= 11 is 0. The third-order valence-electron chi connectivity index (χ3n) is 19.0. The van der Waals surface area contributed by atoms with Gasteiger partial charge in [0.05, 0.1) is 11.4 Å². The van der Waals surface area contributed by atoms with Crippen LogP contribution in [0.4, 0.5) is 34.1 Å². The van der Waals surface area contributed by atoms with Crippen LogP contribution in [-0.2, 0) is 16.2 Å². The average Bonchev–Trinajstić information content (AvgIpc) is 4.05. The van der Waals surface area contributed by atoms with E-state index in [9.17, 15) is 0 Å². The second kappa shape index (κ2) is 17.3. The molecule has 3 aliphatic rings. The van der Waals surface area contributed by atoms with Crippen molar-refractivity contribution in [3.05, 3.63) is 288 Å². The molecule has 3 aliphatic carbocycles. The SMILES string of the molecule is CC1(C)c2ccccc2-c2ccc(N(c3ccc4c(c3)C(C)(C)c3cccc5c3c-4c(-c3ccccc3)c3ccc(N(c4ccc6c(c4)C(C)(C)c4ccccc4-6)c4cccc6ccccc46)cc35)c3cccc4ccccc34)cc21. The van der Waals surface area contributed by atoms with Gasteiger partial charge in [0, 0.05) is 49.8 Å². The van der Waals surface area contributed by atoms with Crippen LogP contribution < -0.4 is 9.80 Å². The number of anilines is 6. The summed E-state index contributed by atoms with van der Waals surface area (Å²) < 4.78 is 0. The van der Waals surface area contributed by atoms with Gasteiger partial charge in [-0.3, -0.25) is 0 Å². The number of rotatable bonds is 7. The Bertz CT molecular complexity index is 4790. The van der Waals surface area contributed by atoms with Crippen LogP contribution in [0, 0.1) is 0 Å². The third-order valence-corrected chi connectivity index (χ3v) is 19.0. The quantitative estimate of drug-likeness (QED) is 0.147. The Morgan fingerprint density at radius 3 is 1.21 bits per heavy atom. The largest absolute Gasteiger partial charge is 0.310 e. The number of hydrogen-bond donors (Lipinski definition) is 0. The first kappa shape index (κ1) is 47.5. The van der Waals surface area contributed by atoms with Crippen molar-refractivity contribution >= 4 is 77.2 Å². The van der Waals surface area contributed by atoms with E-state index >= 15 is 0 Å². The minimum absolute atomic E-state index is 0.149. The third kappa shape index (κ3) is 6.80. The van der Waals surface area contributed by atoms with Crippen LogP contribution in [0.2, 0.25) is 0 Å². The maximum absolute atomic E-state index is 2.52. The van der Waals surface area contributed by atoms with Gasteiger partial charge >= 0.3 is 0 Å². The van der Waals surface area contributed by atoms with Gasteiger partial charge in [-0.25, -0.2) is 0 Å². The summed E-state index contributed by atoms with van der Waals surface area (Å²) in [5.74, 6) is 0. The molecule has 0 heterocycles. The second-order valence-electron chi connectivity index (χ2n) is 24.4. The molecule has 0 saturated heterocycles. The average molecular weight is 1040 g/mol. The van der Waals surface area contributed by atoms with E-state index in [-0.39, 0.29) is 16.2 Å². The fraction of sp³-hybridized carbons (Fsp3) is 0.114. The van der Waals surface area contributed by atoms with Crippen molar-refractivity contribution in [1.29, 1.82) is 0 Å². The van der Waals surface area contributed by atoms with E-state index in [1.807, 2.05) is 0 Å². The Morgan fingerprint density at radius 1 is 0.247 bits per heavy atom. The van der Waals surface area contributed by atoms with E-state index in [4.69, 9.17) is 0 Å². The van der Waals surface area contributed by atoms with E-state index in [0.29, 0.717) is 0 Å². The zero-order valence-corrected chi connectivity index (χ0v) is 46.6. The van der Waals surface area contributed by atoms with Crippen molar-refractivity contribution in [3.63, 3.8) is 0 Å². The standard InChI is InChI=1S/C79H60N2/c1-77(2)66-32-16-14-29-58(66)60-41-37-53(46-69(60)77)80(72-35-18-25-49-21-10-12-27-56(49)72)52-39-43-63-65(45-52)62-31-20-34-68-75(62)76(74(63)51-23-8-7-9-24-51)64-44-40-55(48-71(64)79(68,5)6)81(73-36-19-26-50-22-11-13-28-57(50)73)54-38-42-61-59-30-15-17-33-67(59)78(3,4)70(61)47-54/h7-48H,1-6H3. The summed E-state index contributed by atoms with van der Waals surface area (Å²) in [5, 5.41) is 9.94. The Hall–Kier alpha value is -9.50. The topological polar surface area (TPSA) is 6.48 Å². The molecule has 2 nitrogen and oxygen atoms in total. The molecule has 0 atom stereocenters. The maximum atomic E-state index is 2.52. The van der Waals surface area contributed by atoms with E-state index in [1.54, 1.807) is 0 Å². The van der Waals surface area contributed by atoms with Gasteiger partial charge in [-0.1, -0.05) is 236 Å². The van der Waals surface area contributed by atoms with Crippen LogP contribution in [0.5, 0.6) is 0 Å². The van der Waals surface area contributed by atoms with Crippen LogP contribution in [0.15, 0.2) is 255 Å². The number of fused-ring (bicyclic) bond motifs is 12. The van der Waals surface area contributed by atoms with Gasteiger partial charge in [-0.2, -0.15) is 0 Å². The molecule has 0 fully saturated rings. The highest BCUT2D eigenvalue weighted by Gasteiger charge is 2.40. The van der Waals surface area contributed by atoms with E-state index in [2.05, 4.69) is 306 Å². The fourth-order valence-electron chi connectivity index (χ4n) is 15.0. The molecular weight excluding hydrogens is 977 g/mol. The second-order valence-corrected chi connectivity index (χ2v) is 24.4. The van der Waals surface area contributed by atoms with Crippen LogP contribution in [0.1, 0.15) is 74.9 Å². The zero-order chi connectivity index (χ0) is 54.5. The molecule has 0 bridgehead atoms. The molecule has 0 aromatic heterocycles. The molecule has 81 heavy (non-hydrogen) atoms. The van der Waals surface area contributed by atoms with Gasteiger partial charge in [0.15, 0.2) is 0 Å². The molecule has 0 unspecified atom stereocenters. The summed E-state index contributed by atoms with van der Waals surface area (Å²) in [5.41, 5.74) is 24.7. The molecule has 0 radical (unpaired) electrons. The van der Waals surface area contributed by atoms with Crippen LogP contribution >= 0.6 is 0 Å². The minimum atomic E-state index is -0.368. The van der Waals surface area contributed by atoms with E-state index in [1.165, 1.54) is 121 Å². The Balaban J connectivity index is 0.927. The summed E-state index contributed by atoms with van der Waals surface area (Å²) in [6.45, 7) is 14.4. The molecule has 0 spiro atoms. The first-order valence-corrected chi connectivity index (χ1v) is 28.7. The number of hydrogen-bond acceptors (Lipinski definition) is 2. The Morgan fingerprint density at radius 2 is 0.642 bits per heavy atom. The smallest absolute Gasteiger partial charge is 0.0540 e. The van der Waals surface area contributed by atoms with Gasteiger partial charge in [-0.05, 0) is 171 Å². The predicted octanol–water partition coefficient (Wildman–Crippen LogP) is 21.8. The maximum Gasteiger partial charge on any atom is 0.0540 e. The van der Waals surface area contributed by atoms with Crippen LogP contribution in [0.3, 0.4) is 0 Å². The van der Waals surface area contributed by atoms with Gasteiger partial charge < -0.3 is 9.80 Å². The van der Waals surface area contributed by atoms with Crippen molar-refractivity contribution in [2.75, 3.05) is 9.80 Å². The lowest BCUT2D eigenvalue weighted by atomic mass is 9.66. The van der Waals surface area contributed by atoms with Gasteiger partial charge in [-0.15, -0.1) is 0 Å². The summed E-state index contributed by atoms with van der Waals surface area (Å²) in [6.07, 6.45) is 0. The normalized spacial score (nSPS) is 14.6. The zero-order valence-electron chi connectivity index (χ0n) is 46.6. The van der Waals surface area contributed by atoms with Crippen LogP contribution in [-0.4, -0.2) is 0 Å². The van der Waals surface area contributed by atoms with Crippen molar-refractivity contribution in [2.45, 2.75) is 57.8 Å². The number of benzene rings is 13. The summed E-state index contributed by atoms with van der Waals surface area (Å²) in [4.78, 5) is 5.04. The highest BCUT2D eigenvalue weighted by molar-refractivity contribution is 6.24. The molecule has 0 N–H and O–H groups in total.